The molecule has 0 N–H and O–H groups in total. The van der Waals surface area contributed by atoms with E-state index in [0.717, 1.165) is 18.7 Å². The van der Waals surface area contributed by atoms with Crippen LogP contribution in [0.3, 0.4) is 0 Å². The van der Waals surface area contributed by atoms with Crippen LogP contribution in [0.15, 0.2) is 30.3 Å². The molecule has 0 aliphatic rings. The van der Waals surface area contributed by atoms with Crippen LogP contribution in [-0.2, 0) is 11.2 Å². The summed E-state index contributed by atoms with van der Waals surface area (Å²) in [4.78, 5) is 16.6. The number of likely N-dealkylation sites (N-methyl/N-ethyl adjacent to an activating group) is 1. The fourth-order valence-corrected chi connectivity index (χ4v) is 2.00. The summed E-state index contributed by atoms with van der Waals surface area (Å²) >= 11 is 0. The van der Waals surface area contributed by atoms with Gasteiger partial charge in [0, 0.05) is 18.6 Å². The summed E-state index contributed by atoms with van der Waals surface area (Å²) in [5.41, 5.74) is 0.939. The summed E-state index contributed by atoms with van der Waals surface area (Å²) in [6, 6.07) is 9.94. The van der Waals surface area contributed by atoms with Gasteiger partial charge in [-0.25, -0.2) is 0 Å². The van der Waals surface area contributed by atoms with Crippen molar-refractivity contribution in [3.8, 4) is 0 Å². The van der Waals surface area contributed by atoms with E-state index < -0.39 is 0 Å². The summed E-state index contributed by atoms with van der Waals surface area (Å²) in [6.07, 6.45) is 0.478. The molecule has 0 saturated carbocycles. The predicted octanol–water partition coefficient (Wildman–Crippen LogP) is 2.42. The zero-order chi connectivity index (χ0) is 14.5. The number of rotatable bonds is 5. The van der Waals surface area contributed by atoms with Crippen LogP contribution in [0.5, 0.6) is 0 Å². The Morgan fingerprint density at radius 3 is 2.11 bits per heavy atom. The van der Waals surface area contributed by atoms with E-state index in [9.17, 15) is 4.79 Å². The molecular weight excluding hydrogens is 236 g/mol. The van der Waals surface area contributed by atoms with Gasteiger partial charge in [-0.2, -0.15) is 0 Å². The Hall–Kier alpha value is -1.35. The first-order valence-corrected chi connectivity index (χ1v) is 6.80. The molecule has 0 aliphatic heterocycles. The molecule has 1 aromatic carbocycles. The third-order valence-corrected chi connectivity index (χ3v) is 3.08. The van der Waals surface area contributed by atoms with Gasteiger partial charge in [0.1, 0.15) is 0 Å². The average molecular weight is 262 g/mol. The molecule has 3 heteroatoms. The summed E-state index contributed by atoms with van der Waals surface area (Å²) in [7, 11) is 4.06. The summed E-state index contributed by atoms with van der Waals surface area (Å²) < 4.78 is 0. The number of amides is 1. The minimum atomic E-state index is -0.137. The molecule has 0 atom stereocenters. The van der Waals surface area contributed by atoms with Crippen LogP contribution in [-0.4, -0.2) is 48.4 Å². The van der Waals surface area contributed by atoms with Crippen LogP contribution in [0.2, 0.25) is 0 Å². The second kappa shape index (κ2) is 6.71. The van der Waals surface area contributed by atoms with Crippen molar-refractivity contribution in [1.82, 2.24) is 9.80 Å². The quantitative estimate of drug-likeness (QED) is 0.813. The van der Waals surface area contributed by atoms with Crippen LogP contribution < -0.4 is 0 Å². The minimum absolute atomic E-state index is 0.137. The molecule has 0 fully saturated rings. The molecule has 0 unspecified atom stereocenters. The second-order valence-electron chi connectivity index (χ2n) is 6.18. The third-order valence-electron chi connectivity index (χ3n) is 3.08. The minimum Gasteiger partial charge on any atom is -0.336 e. The Labute approximate surface area is 117 Å². The number of benzene rings is 1. The Morgan fingerprint density at radius 1 is 1.05 bits per heavy atom. The molecule has 1 amide bonds. The molecule has 0 radical (unpaired) electrons. The highest BCUT2D eigenvalue weighted by atomic mass is 16.2. The van der Waals surface area contributed by atoms with Gasteiger partial charge < -0.3 is 9.80 Å². The number of carbonyl (C=O) groups is 1. The van der Waals surface area contributed by atoms with Gasteiger partial charge >= 0.3 is 0 Å². The van der Waals surface area contributed by atoms with Gasteiger partial charge in [-0.15, -0.1) is 0 Å². The normalized spacial score (nSPS) is 11.7. The van der Waals surface area contributed by atoms with Gasteiger partial charge in [0.2, 0.25) is 5.91 Å². The van der Waals surface area contributed by atoms with Crippen molar-refractivity contribution in [2.24, 2.45) is 0 Å². The lowest BCUT2D eigenvalue weighted by atomic mass is 10.0. The van der Waals surface area contributed by atoms with Gasteiger partial charge in [-0.05, 0) is 40.4 Å². The van der Waals surface area contributed by atoms with E-state index in [1.165, 1.54) is 0 Å². The zero-order valence-electron chi connectivity index (χ0n) is 12.8. The molecule has 0 saturated heterocycles. The number of hydrogen-bond acceptors (Lipinski definition) is 2. The smallest absolute Gasteiger partial charge is 0.227 e. The molecule has 1 rings (SSSR count). The van der Waals surface area contributed by atoms with Crippen LogP contribution in [0.25, 0.3) is 0 Å². The molecule has 3 nitrogen and oxygen atoms in total. The zero-order valence-corrected chi connectivity index (χ0v) is 12.8. The van der Waals surface area contributed by atoms with Crippen molar-refractivity contribution in [1.29, 1.82) is 0 Å². The fraction of sp³-hybridized carbons (Fsp3) is 0.562. The first-order valence-electron chi connectivity index (χ1n) is 6.80. The fourth-order valence-electron chi connectivity index (χ4n) is 2.00. The standard InChI is InChI=1S/C16H26N2O/c1-16(2,3)18(12-11-17(4)5)15(19)13-14-9-7-6-8-10-14/h6-10H,11-13H2,1-5H3. The molecule has 1 aromatic rings. The van der Waals surface area contributed by atoms with Crippen molar-refractivity contribution in [2.75, 3.05) is 27.2 Å². The number of nitrogens with zero attached hydrogens (tertiary/aromatic N) is 2. The van der Waals surface area contributed by atoms with Crippen LogP contribution in [0.1, 0.15) is 26.3 Å². The maximum absolute atomic E-state index is 12.5. The molecule has 0 spiro atoms. The third kappa shape index (κ3) is 5.43. The van der Waals surface area contributed by atoms with Gasteiger partial charge in [-0.3, -0.25) is 4.79 Å². The van der Waals surface area contributed by atoms with E-state index in [0.29, 0.717) is 6.42 Å². The van der Waals surface area contributed by atoms with Gasteiger partial charge in [0.05, 0.1) is 6.42 Å². The number of hydrogen-bond donors (Lipinski definition) is 0. The van der Waals surface area contributed by atoms with Crippen LogP contribution in [0.4, 0.5) is 0 Å². The molecule has 0 aromatic heterocycles. The summed E-state index contributed by atoms with van der Waals surface area (Å²) in [5.74, 6) is 0.195. The molecule has 0 aliphatic carbocycles. The van der Waals surface area contributed by atoms with E-state index >= 15 is 0 Å². The van der Waals surface area contributed by atoms with E-state index in [1.807, 2.05) is 49.3 Å². The van der Waals surface area contributed by atoms with Crippen molar-refractivity contribution in [3.63, 3.8) is 0 Å². The van der Waals surface area contributed by atoms with Crippen molar-refractivity contribution in [2.45, 2.75) is 32.7 Å². The summed E-state index contributed by atoms with van der Waals surface area (Å²) in [5, 5.41) is 0. The number of carbonyl (C=O) groups excluding carboxylic acids is 1. The van der Waals surface area contributed by atoms with Crippen molar-refractivity contribution in [3.05, 3.63) is 35.9 Å². The Bertz CT molecular complexity index is 393. The van der Waals surface area contributed by atoms with E-state index in [4.69, 9.17) is 0 Å². The molecule has 19 heavy (non-hydrogen) atoms. The molecule has 0 heterocycles. The first-order chi connectivity index (χ1) is 8.80. The van der Waals surface area contributed by atoms with Crippen molar-refractivity contribution >= 4 is 5.91 Å². The second-order valence-corrected chi connectivity index (χ2v) is 6.18. The highest BCUT2D eigenvalue weighted by Gasteiger charge is 2.25. The largest absolute Gasteiger partial charge is 0.336 e. The van der Waals surface area contributed by atoms with Gasteiger partial charge in [0.25, 0.3) is 0 Å². The molecule has 0 bridgehead atoms. The topological polar surface area (TPSA) is 23.6 Å². The Morgan fingerprint density at radius 2 is 1.63 bits per heavy atom. The van der Waals surface area contributed by atoms with Crippen molar-refractivity contribution < 1.29 is 4.79 Å². The molecular formula is C16H26N2O. The van der Waals surface area contributed by atoms with E-state index in [-0.39, 0.29) is 11.4 Å². The Kier molecular flexibility index (Phi) is 5.55. The highest BCUT2D eigenvalue weighted by molar-refractivity contribution is 5.79. The van der Waals surface area contributed by atoms with E-state index in [2.05, 4.69) is 25.7 Å². The SMILES string of the molecule is CN(C)CCN(C(=O)Cc1ccccc1)C(C)(C)C. The monoisotopic (exact) mass is 262 g/mol. The molecule has 106 valence electrons. The predicted molar refractivity (Wildman–Crippen MR) is 80.2 cm³/mol. The lowest BCUT2D eigenvalue weighted by Crippen LogP contribution is -2.49. The summed E-state index contributed by atoms with van der Waals surface area (Å²) in [6.45, 7) is 7.92. The Balaban J connectivity index is 2.72. The van der Waals surface area contributed by atoms with Gasteiger partial charge in [-0.1, -0.05) is 30.3 Å². The maximum Gasteiger partial charge on any atom is 0.227 e. The van der Waals surface area contributed by atoms with Crippen LogP contribution in [0, 0.1) is 0 Å². The lowest BCUT2D eigenvalue weighted by molar-refractivity contribution is -0.135. The van der Waals surface area contributed by atoms with Crippen LogP contribution >= 0.6 is 0 Å². The lowest BCUT2D eigenvalue weighted by Gasteiger charge is -2.36. The average Bonchev–Trinajstić information content (AvgIpc) is 2.28. The first kappa shape index (κ1) is 15.7. The highest BCUT2D eigenvalue weighted by Crippen LogP contribution is 2.15. The van der Waals surface area contributed by atoms with E-state index in [1.54, 1.807) is 0 Å². The maximum atomic E-state index is 12.5. The van der Waals surface area contributed by atoms with Gasteiger partial charge in [0.15, 0.2) is 0 Å².